The number of aromatic nitrogens is 1. The van der Waals surface area contributed by atoms with Gasteiger partial charge < -0.3 is 10.1 Å². The molecule has 0 unspecified atom stereocenters. The molecule has 2 heterocycles. The number of hydrogen-bond donors (Lipinski definition) is 2. The number of nitrogens with one attached hydrogen (secondary N) is 1. The van der Waals surface area contributed by atoms with Crippen molar-refractivity contribution in [3.05, 3.63) is 78.0 Å². The van der Waals surface area contributed by atoms with Gasteiger partial charge in [0.25, 0.3) is 11.4 Å². The maximum Gasteiger partial charge on any atom is 0.324 e. The summed E-state index contributed by atoms with van der Waals surface area (Å²) in [6.45, 7) is 3.01. The average molecular weight is 413 g/mol. The van der Waals surface area contributed by atoms with Gasteiger partial charge in [-0.1, -0.05) is 18.2 Å². The van der Waals surface area contributed by atoms with Crippen LogP contribution in [-0.2, 0) is 6.42 Å². The maximum absolute atomic E-state index is 10.4. The standard InChI is InChI=1S/C12H12N2.C6H3N3O7/c1-8-12-10(6-7-13-8)9-4-2-3-5-11(9)14-12;10-6-4(8(13)14)1-3(7(11)12)2-5(6)9(15)16/h2-5,14H,6-7H2,1H3;1-2,10H. The lowest BCUT2D eigenvalue weighted by atomic mass is 10.0. The van der Waals surface area contributed by atoms with Gasteiger partial charge in [-0.3, -0.25) is 35.3 Å². The monoisotopic (exact) mass is 413 g/mol. The third-order valence-electron chi connectivity index (χ3n) is 4.54. The summed E-state index contributed by atoms with van der Waals surface area (Å²) in [7, 11) is 0. The van der Waals surface area contributed by atoms with Crippen LogP contribution in [0.4, 0.5) is 17.1 Å². The zero-order valence-electron chi connectivity index (χ0n) is 15.6. The lowest BCUT2D eigenvalue weighted by molar-refractivity contribution is -0.404. The summed E-state index contributed by atoms with van der Waals surface area (Å²) in [6.07, 6.45) is 1.07. The van der Waals surface area contributed by atoms with Crippen LogP contribution in [-0.4, -0.2) is 37.1 Å². The highest BCUT2D eigenvalue weighted by Crippen LogP contribution is 2.39. The summed E-state index contributed by atoms with van der Waals surface area (Å²) in [5.41, 5.74) is 2.04. The van der Waals surface area contributed by atoms with Gasteiger partial charge in [0.1, 0.15) is 0 Å². The fourth-order valence-corrected chi connectivity index (χ4v) is 3.16. The highest BCUT2D eigenvalue weighted by molar-refractivity contribution is 6.04. The van der Waals surface area contributed by atoms with Crippen LogP contribution >= 0.6 is 0 Å². The lowest BCUT2D eigenvalue weighted by Crippen LogP contribution is -2.08. The van der Waals surface area contributed by atoms with E-state index >= 15 is 0 Å². The lowest BCUT2D eigenvalue weighted by Gasteiger charge is -2.08. The molecule has 0 saturated carbocycles. The molecule has 0 atom stereocenters. The molecule has 1 aliphatic heterocycles. The second-order valence-electron chi connectivity index (χ2n) is 6.35. The number of phenols is 1. The Hall–Kier alpha value is -4.35. The third-order valence-corrected chi connectivity index (χ3v) is 4.54. The van der Waals surface area contributed by atoms with E-state index in [1.807, 2.05) is 0 Å². The molecule has 0 radical (unpaired) electrons. The molecule has 2 N–H and O–H groups in total. The Bertz CT molecular complexity index is 1180. The first-order chi connectivity index (χ1) is 14.2. The summed E-state index contributed by atoms with van der Waals surface area (Å²) in [6, 6.07) is 9.36. The van der Waals surface area contributed by atoms with Crippen molar-refractivity contribution in [2.45, 2.75) is 13.3 Å². The van der Waals surface area contributed by atoms with Gasteiger partial charge in [0.15, 0.2) is 0 Å². The van der Waals surface area contributed by atoms with Gasteiger partial charge in [-0.15, -0.1) is 0 Å². The number of nitrogens with zero attached hydrogens (tertiary/aromatic N) is 4. The predicted octanol–water partition coefficient (Wildman–Crippen LogP) is 3.65. The Morgan fingerprint density at radius 2 is 1.60 bits per heavy atom. The van der Waals surface area contributed by atoms with E-state index in [9.17, 15) is 30.3 Å². The minimum absolute atomic E-state index is 0.447. The first-order valence-corrected chi connectivity index (χ1v) is 8.62. The summed E-state index contributed by atoms with van der Waals surface area (Å²) >= 11 is 0. The molecular weight excluding hydrogens is 398 g/mol. The normalized spacial score (nSPS) is 12.4. The molecule has 12 heteroatoms. The van der Waals surface area contributed by atoms with Gasteiger partial charge in [-0.2, -0.15) is 0 Å². The molecule has 0 fully saturated rings. The largest absolute Gasteiger partial charge is 0.497 e. The number of non-ortho nitro benzene ring substituents is 1. The summed E-state index contributed by atoms with van der Waals surface area (Å²) in [5.74, 6) is -1.21. The van der Waals surface area contributed by atoms with Gasteiger partial charge in [-0.25, -0.2) is 0 Å². The number of fused-ring (bicyclic) bond motifs is 3. The van der Waals surface area contributed by atoms with Gasteiger partial charge >= 0.3 is 11.4 Å². The molecule has 0 spiro atoms. The van der Waals surface area contributed by atoms with Crippen molar-refractivity contribution in [2.24, 2.45) is 4.99 Å². The second kappa shape index (κ2) is 7.95. The van der Waals surface area contributed by atoms with Crippen molar-refractivity contribution in [1.82, 2.24) is 4.98 Å². The van der Waals surface area contributed by atoms with Crippen molar-refractivity contribution < 1.29 is 19.9 Å². The first-order valence-electron chi connectivity index (χ1n) is 8.62. The number of aliphatic imine (C=N–C) groups is 1. The number of aromatic amines is 1. The smallest absolute Gasteiger partial charge is 0.324 e. The van der Waals surface area contributed by atoms with Crippen LogP contribution < -0.4 is 0 Å². The number of nitro benzene ring substituents is 3. The van der Waals surface area contributed by atoms with E-state index in [-0.39, 0.29) is 0 Å². The van der Waals surface area contributed by atoms with Crippen molar-refractivity contribution in [2.75, 3.05) is 6.54 Å². The van der Waals surface area contributed by atoms with E-state index in [4.69, 9.17) is 5.11 Å². The number of benzene rings is 2. The van der Waals surface area contributed by atoms with Crippen molar-refractivity contribution in [3.63, 3.8) is 0 Å². The maximum atomic E-state index is 10.4. The van der Waals surface area contributed by atoms with E-state index in [1.54, 1.807) is 0 Å². The molecule has 0 bridgehead atoms. The van der Waals surface area contributed by atoms with E-state index in [1.165, 1.54) is 22.2 Å². The number of rotatable bonds is 3. The van der Waals surface area contributed by atoms with Crippen LogP contribution in [0.15, 0.2) is 41.4 Å². The van der Waals surface area contributed by atoms with Crippen LogP contribution in [0.2, 0.25) is 0 Å². The van der Waals surface area contributed by atoms with E-state index in [0.717, 1.165) is 18.7 Å². The Morgan fingerprint density at radius 3 is 2.17 bits per heavy atom. The second-order valence-corrected chi connectivity index (χ2v) is 6.35. The zero-order valence-corrected chi connectivity index (χ0v) is 15.6. The molecule has 12 nitrogen and oxygen atoms in total. The Kier molecular flexibility index (Phi) is 5.40. The average Bonchev–Trinajstić information content (AvgIpc) is 3.08. The molecule has 0 saturated heterocycles. The quantitative estimate of drug-likeness (QED) is 0.486. The minimum Gasteiger partial charge on any atom is -0.497 e. The SMILES string of the molecule is CC1=NCCc2c1[nH]c1ccccc21.O=[N+]([O-])c1cc([N+](=O)[O-])c(O)c([N+](=O)[O-])c1. The third kappa shape index (κ3) is 3.78. The number of nitro groups is 3. The summed E-state index contributed by atoms with van der Waals surface area (Å²) in [5, 5.41) is 41.6. The van der Waals surface area contributed by atoms with Gasteiger partial charge in [0, 0.05) is 17.4 Å². The van der Waals surface area contributed by atoms with E-state index in [0.29, 0.717) is 12.1 Å². The van der Waals surface area contributed by atoms with E-state index in [2.05, 4.69) is 41.2 Å². The molecule has 1 aromatic heterocycles. The molecule has 0 aliphatic carbocycles. The Labute approximate surface area is 167 Å². The molecule has 154 valence electrons. The highest BCUT2D eigenvalue weighted by Gasteiger charge is 2.30. The van der Waals surface area contributed by atoms with Gasteiger partial charge in [0.2, 0.25) is 0 Å². The molecule has 1 aliphatic rings. The molecule has 0 amide bonds. The fraction of sp³-hybridized carbons (Fsp3) is 0.167. The Morgan fingerprint density at radius 1 is 1.00 bits per heavy atom. The first kappa shape index (κ1) is 20.4. The van der Waals surface area contributed by atoms with E-state index < -0.39 is 37.6 Å². The number of hydrogen-bond acceptors (Lipinski definition) is 8. The van der Waals surface area contributed by atoms with Crippen LogP contribution in [0.1, 0.15) is 18.2 Å². The van der Waals surface area contributed by atoms with Crippen LogP contribution in [0, 0.1) is 30.3 Å². The molecule has 30 heavy (non-hydrogen) atoms. The minimum atomic E-state index is -1.21. The highest BCUT2D eigenvalue weighted by atomic mass is 16.6. The predicted molar refractivity (Wildman–Crippen MR) is 107 cm³/mol. The fourth-order valence-electron chi connectivity index (χ4n) is 3.16. The van der Waals surface area contributed by atoms with Gasteiger partial charge in [-0.05, 0) is 25.0 Å². The zero-order chi connectivity index (χ0) is 22.0. The molecule has 3 aromatic rings. The summed E-state index contributed by atoms with van der Waals surface area (Å²) < 4.78 is 0. The number of phenolic OH excluding ortho intramolecular Hbond substituents is 1. The number of aromatic hydroxyl groups is 1. The van der Waals surface area contributed by atoms with Crippen molar-refractivity contribution >= 4 is 33.7 Å². The molecule has 4 rings (SSSR count). The topological polar surface area (TPSA) is 178 Å². The molecule has 2 aromatic carbocycles. The summed E-state index contributed by atoms with van der Waals surface area (Å²) in [4.78, 5) is 35.7. The van der Waals surface area contributed by atoms with Crippen LogP contribution in [0.25, 0.3) is 10.9 Å². The van der Waals surface area contributed by atoms with Crippen LogP contribution in [0.5, 0.6) is 5.75 Å². The number of H-pyrrole nitrogens is 1. The van der Waals surface area contributed by atoms with Crippen LogP contribution in [0.3, 0.4) is 0 Å². The van der Waals surface area contributed by atoms with Crippen molar-refractivity contribution in [1.29, 1.82) is 0 Å². The number of para-hydroxylation sites is 1. The van der Waals surface area contributed by atoms with Crippen molar-refractivity contribution in [3.8, 4) is 5.75 Å². The molecular formula is C18H15N5O7. The Balaban J connectivity index is 0.000000171. The van der Waals surface area contributed by atoms with Gasteiger partial charge in [0.05, 0.1) is 38.3 Å².